The molecule has 1 unspecified atom stereocenters. The minimum absolute atomic E-state index is 0.0987. The molecule has 3 aromatic rings. The van der Waals surface area contributed by atoms with Gasteiger partial charge >= 0.3 is 0 Å². The molecule has 1 aromatic carbocycles. The highest BCUT2D eigenvalue weighted by molar-refractivity contribution is 7.86. The van der Waals surface area contributed by atoms with Crippen LogP contribution in [0.4, 0.5) is 11.5 Å². The summed E-state index contributed by atoms with van der Waals surface area (Å²) in [5, 5.41) is 14.2. The highest BCUT2D eigenvalue weighted by Crippen LogP contribution is 2.58. The maximum Gasteiger partial charge on any atom is 0.190 e. The monoisotopic (exact) mass is 438 g/mol. The molecular weight excluding hydrogens is 416 g/mol. The van der Waals surface area contributed by atoms with Crippen LogP contribution in [0.15, 0.2) is 46.1 Å². The Morgan fingerprint density at radius 3 is 2.90 bits per heavy atom. The Balaban J connectivity index is 1.36. The minimum atomic E-state index is -1.64. The van der Waals surface area contributed by atoms with Crippen molar-refractivity contribution >= 4 is 22.5 Å². The number of fused-ring (bicyclic) bond motifs is 4. The molecule has 1 saturated heterocycles. The number of aliphatic hydroxyl groups excluding tert-OH is 1. The lowest BCUT2D eigenvalue weighted by atomic mass is 9.79. The molecule has 0 bridgehead atoms. The number of aliphatic hydroxyl groups is 1. The van der Waals surface area contributed by atoms with Crippen LogP contribution in [0.1, 0.15) is 24.0 Å². The van der Waals surface area contributed by atoms with Gasteiger partial charge in [0.25, 0.3) is 0 Å². The molecule has 1 spiro atoms. The number of methoxy groups -OCH3 is 1. The topological polar surface area (TPSA) is 101 Å². The Labute approximate surface area is 181 Å². The molecule has 0 amide bonds. The number of hydrogen-bond donors (Lipinski definition) is 2. The quantitative estimate of drug-likeness (QED) is 0.632. The van der Waals surface area contributed by atoms with Gasteiger partial charge in [-0.05, 0) is 49.1 Å². The summed E-state index contributed by atoms with van der Waals surface area (Å²) in [7, 11) is -0.111. The number of nitrogens with one attached hydrogen (secondary N) is 1. The van der Waals surface area contributed by atoms with Crippen molar-refractivity contribution < 1.29 is 18.6 Å². The molecule has 9 heteroatoms. The Bertz CT molecular complexity index is 1200. The molecular formula is C22H22N4O4S. The highest BCUT2D eigenvalue weighted by Gasteiger charge is 2.50. The molecule has 6 rings (SSSR count). The van der Waals surface area contributed by atoms with Crippen LogP contribution >= 0.6 is 0 Å². The van der Waals surface area contributed by atoms with Crippen molar-refractivity contribution in [2.24, 2.45) is 0 Å². The average molecular weight is 439 g/mol. The summed E-state index contributed by atoms with van der Waals surface area (Å²) < 4.78 is 27.0. The number of benzene rings is 1. The number of β-amino-alcohol motifs (C(OH)–C–C–N with tert-alkyl or cyclic N) is 1. The van der Waals surface area contributed by atoms with E-state index in [0.29, 0.717) is 29.7 Å². The molecule has 0 radical (unpaired) electrons. The molecule has 160 valence electrons. The number of hydrogen-bond acceptors (Lipinski definition) is 7. The second-order valence-electron chi connectivity index (χ2n) is 8.47. The number of rotatable bonds is 5. The van der Waals surface area contributed by atoms with Crippen LogP contribution in [0.5, 0.6) is 5.75 Å². The van der Waals surface area contributed by atoms with E-state index >= 15 is 0 Å². The van der Waals surface area contributed by atoms with Gasteiger partial charge in [0.15, 0.2) is 33.3 Å². The Kier molecular flexibility index (Phi) is 4.13. The van der Waals surface area contributed by atoms with Gasteiger partial charge in [-0.3, -0.25) is 4.72 Å². The molecule has 2 aromatic heterocycles. The van der Waals surface area contributed by atoms with Crippen LogP contribution < -0.4 is 14.4 Å². The number of pyridine rings is 1. The van der Waals surface area contributed by atoms with Crippen molar-refractivity contribution in [3.63, 3.8) is 0 Å². The fourth-order valence-electron chi connectivity index (χ4n) is 4.65. The maximum absolute atomic E-state index is 13.0. The lowest BCUT2D eigenvalue weighted by molar-refractivity contribution is 0.142. The van der Waals surface area contributed by atoms with Crippen LogP contribution in [0.25, 0.3) is 11.3 Å². The van der Waals surface area contributed by atoms with Gasteiger partial charge in [0, 0.05) is 41.5 Å². The fourth-order valence-corrected chi connectivity index (χ4v) is 5.57. The standard InChI is InChI=1S/C22H22N4O4S/c1-29-18-3-2-8-23-21(18)31(28)25-20-16-10-22(6-7-22)17-5-4-13(26-11-14(27)12-26)9-15(17)19(16)30-24-20/h2-5,8-9,14,27H,6-7,10-12H2,1H3,(H,24,25). The van der Waals surface area contributed by atoms with Crippen LogP contribution in [0.2, 0.25) is 0 Å². The van der Waals surface area contributed by atoms with Crippen molar-refractivity contribution in [2.75, 3.05) is 29.8 Å². The molecule has 2 fully saturated rings. The summed E-state index contributed by atoms with van der Waals surface area (Å²) >= 11 is 0. The van der Waals surface area contributed by atoms with E-state index < -0.39 is 11.0 Å². The zero-order valence-corrected chi connectivity index (χ0v) is 17.8. The van der Waals surface area contributed by atoms with Gasteiger partial charge in [-0.25, -0.2) is 9.19 Å². The van der Waals surface area contributed by atoms with Gasteiger partial charge < -0.3 is 19.3 Å². The third-order valence-electron chi connectivity index (χ3n) is 6.52. The highest BCUT2D eigenvalue weighted by atomic mass is 32.2. The normalized spacial score (nSPS) is 19.4. The van der Waals surface area contributed by atoms with Crippen LogP contribution in [0, 0.1) is 0 Å². The second-order valence-corrected chi connectivity index (χ2v) is 9.59. The summed E-state index contributed by atoms with van der Waals surface area (Å²) in [6.07, 6.45) is 4.35. The van der Waals surface area contributed by atoms with Crippen LogP contribution in [-0.4, -0.2) is 45.8 Å². The van der Waals surface area contributed by atoms with Gasteiger partial charge in [-0.1, -0.05) is 11.2 Å². The summed E-state index contributed by atoms with van der Waals surface area (Å²) in [4.78, 5) is 6.35. The van der Waals surface area contributed by atoms with E-state index in [0.717, 1.165) is 41.8 Å². The van der Waals surface area contributed by atoms with E-state index in [1.807, 2.05) is 0 Å². The predicted octanol–water partition coefficient (Wildman–Crippen LogP) is 2.65. The van der Waals surface area contributed by atoms with E-state index in [4.69, 9.17) is 9.26 Å². The van der Waals surface area contributed by atoms with Gasteiger partial charge in [0.2, 0.25) is 0 Å². The van der Waals surface area contributed by atoms with E-state index in [1.54, 1.807) is 18.3 Å². The van der Waals surface area contributed by atoms with Crippen LogP contribution in [-0.2, 0) is 22.8 Å². The van der Waals surface area contributed by atoms with Gasteiger partial charge in [-0.15, -0.1) is 0 Å². The molecule has 2 aliphatic carbocycles. The predicted molar refractivity (Wildman–Crippen MR) is 116 cm³/mol. The molecule has 1 aliphatic heterocycles. The molecule has 8 nitrogen and oxygen atoms in total. The van der Waals surface area contributed by atoms with E-state index in [-0.39, 0.29) is 11.5 Å². The smallest absolute Gasteiger partial charge is 0.190 e. The van der Waals surface area contributed by atoms with E-state index in [1.165, 1.54) is 12.7 Å². The number of aromatic nitrogens is 2. The number of ether oxygens (including phenoxy) is 1. The lowest BCUT2D eigenvalue weighted by Gasteiger charge is -2.38. The summed E-state index contributed by atoms with van der Waals surface area (Å²) in [5.74, 6) is 1.67. The van der Waals surface area contributed by atoms with E-state index in [9.17, 15) is 9.32 Å². The Morgan fingerprint density at radius 1 is 1.32 bits per heavy atom. The van der Waals surface area contributed by atoms with Crippen LogP contribution in [0.3, 0.4) is 0 Å². The second kappa shape index (κ2) is 6.80. The largest absolute Gasteiger partial charge is 0.494 e. The van der Waals surface area contributed by atoms with Gasteiger partial charge in [0.05, 0.1) is 13.2 Å². The first-order valence-corrected chi connectivity index (χ1v) is 11.5. The van der Waals surface area contributed by atoms with Crippen molar-refractivity contribution in [1.29, 1.82) is 0 Å². The minimum Gasteiger partial charge on any atom is -0.494 e. The third-order valence-corrected chi connectivity index (χ3v) is 7.56. The Morgan fingerprint density at radius 2 is 2.16 bits per heavy atom. The molecule has 3 heterocycles. The molecule has 3 aliphatic rings. The first kappa shape index (κ1) is 18.8. The summed E-state index contributed by atoms with van der Waals surface area (Å²) in [6.45, 7) is 1.29. The summed E-state index contributed by atoms with van der Waals surface area (Å²) in [5.41, 5.74) is 4.45. The molecule has 1 saturated carbocycles. The molecule has 1 atom stereocenters. The first-order valence-electron chi connectivity index (χ1n) is 10.3. The molecule has 31 heavy (non-hydrogen) atoms. The number of anilines is 2. The fraction of sp³-hybridized carbons (Fsp3) is 0.364. The number of nitrogens with zero attached hydrogens (tertiary/aromatic N) is 3. The zero-order valence-electron chi connectivity index (χ0n) is 17.0. The summed E-state index contributed by atoms with van der Waals surface area (Å²) in [6, 6.07) is 9.92. The van der Waals surface area contributed by atoms with Crippen molar-refractivity contribution in [1.82, 2.24) is 10.1 Å². The van der Waals surface area contributed by atoms with Crippen molar-refractivity contribution in [2.45, 2.75) is 35.8 Å². The lowest BCUT2D eigenvalue weighted by Crippen LogP contribution is -2.50. The Hall–Kier alpha value is -2.91. The van der Waals surface area contributed by atoms with Crippen molar-refractivity contribution in [3.05, 3.63) is 47.7 Å². The zero-order chi connectivity index (χ0) is 21.2. The third kappa shape index (κ3) is 2.95. The molecule has 2 N–H and O–H groups in total. The average Bonchev–Trinajstić information content (AvgIpc) is 3.43. The van der Waals surface area contributed by atoms with Gasteiger partial charge in [0.1, 0.15) is 0 Å². The SMILES string of the molecule is COc1cccnc1S(=O)Nc1noc2c1CC1(CC1)c1ccc(N3CC(O)C3)cc1-2. The first-order chi connectivity index (χ1) is 15.1. The van der Waals surface area contributed by atoms with E-state index in [2.05, 4.69) is 38.0 Å². The van der Waals surface area contributed by atoms with Crippen molar-refractivity contribution in [3.8, 4) is 17.1 Å². The van der Waals surface area contributed by atoms with Gasteiger partial charge in [-0.2, -0.15) is 0 Å². The maximum atomic E-state index is 13.0.